The van der Waals surface area contributed by atoms with Gasteiger partial charge in [-0.25, -0.2) is 18.2 Å². The van der Waals surface area contributed by atoms with Crippen molar-refractivity contribution in [3.05, 3.63) is 42.0 Å². The molecule has 1 saturated carbocycles. The molecule has 0 aliphatic heterocycles. The Kier molecular flexibility index (Phi) is 2.50. The highest BCUT2D eigenvalue weighted by molar-refractivity contribution is 5.44. The van der Waals surface area contributed by atoms with Crippen LogP contribution in [0.2, 0.25) is 0 Å². The smallest absolute Gasteiger partial charge is 0.207 e. The van der Waals surface area contributed by atoms with E-state index in [9.17, 15) is 13.2 Å². The summed E-state index contributed by atoms with van der Waals surface area (Å²) in [6.07, 6.45) is 5.05. The summed E-state index contributed by atoms with van der Waals surface area (Å²) < 4.78 is 41.0. The van der Waals surface area contributed by atoms with Crippen molar-refractivity contribution in [2.75, 3.05) is 5.32 Å². The van der Waals surface area contributed by atoms with E-state index in [1.807, 2.05) is 0 Å². The molecular formula is C12H10F3N3. The van der Waals surface area contributed by atoms with E-state index in [1.165, 1.54) is 17.0 Å². The third kappa shape index (κ3) is 1.94. The van der Waals surface area contributed by atoms with E-state index in [-0.39, 0.29) is 5.69 Å². The fourth-order valence-electron chi connectivity index (χ4n) is 1.71. The molecular weight excluding hydrogens is 243 g/mol. The molecule has 1 aromatic heterocycles. The number of aromatic nitrogens is 2. The Morgan fingerprint density at radius 1 is 1.11 bits per heavy atom. The molecule has 1 aliphatic carbocycles. The predicted molar refractivity (Wildman–Crippen MR) is 60.1 cm³/mol. The lowest BCUT2D eigenvalue weighted by Gasteiger charge is -2.10. The molecule has 94 valence electrons. The number of nitrogens with zero attached hydrogens (tertiary/aromatic N) is 2. The number of imidazole rings is 1. The van der Waals surface area contributed by atoms with Crippen LogP contribution in [0.5, 0.6) is 0 Å². The minimum absolute atomic E-state index is 0.0606. The maximum atomic E-state index is 13.6. The second-order valence-corrected chi connectivity index (χ2v) is 4.26. The lowest BCUT2D eigenvalue weighted by molar-refractivity contribution is 0.493. The number of hydrogen-bond acceptors (Lipinski definition) is 2. The van der Waals surface area contributed by atoms with Gasteiger partial charge in [-0.2, -0.15) is 0 Å². The predicted octanol–water partition coefficient (Wildman–Crippen LogP) is 2.86. The van der Waals surface area contributed by atoms with Crippen LogP contribution in [0.3, 0.4) is 0 Å². The molecule has 0 atom stereocenters. The van der Waals surface area contributed by atoms with Crippen molar-refractivity contribution in [1.29, 1.82) is 0 Å². The first-order chi connectivity index (χ1) is 8.65. The molecule has 1 aliphatic rings. The Morgan fingerprint density at radius 2 is 1.83 bits per heavy atom. The zero-order valence-electron chi connectivity index (χ0n) is 9.33. The fourth-order valence-corrected chi connectivity index (χ4v) is 1.71. The topological polar surface area (TPSA) is 29.9 Å². The Labute approximate surface area is 101 Å². The maximum Gasteiger partial charge on any atom is 0.207 e. The van der Waals surface area contributed by atoms with Crippen molar-refractivity contribution in [3.8, 4) is 5.69 Å². The van der Waals surface area contributed by atoms with Crippen molar-refractivity contribution < 1.29 is 13.2 Å². The Bertz CT molecular complexity index is 590. The van der Waals surface area contributed by atoms with Crippen LogP contribution >= 0.6 is 0 Å². The lowest BCUT2D eigenvalue weighted by atomic mass is 10.3. The first kappa shape index (κ1) is 11.1. The average Bonchev–Trinajstić information content (AvgIpc) is 3.02. The van der Waals surface area contributed by atoms with Gasteiger partial charge in [0, 0.05) is 30.6 Å². The number of benzene rings is 1. The first-order valence-corrected chi connectivity index (χ1v) is 5.60. The molecule has 0 amide bonds. The van der Waals surface area contributed by atoms with E-state index in [0.29, 0.717) is 18.1 Å². The Morgan fingerprint density at radius 3 is 2.56 bits per heavy atom. The molecule has 18 heavy (non-hydrogen) atoms. The van der Waals surface area contributed by atoms with Crippen LogP contribution in [0.4, 0.5) is 19.1 Å². The van der Waals surface area contributed by atoms with Crippen molar-refractivity contribution in [2.24, 2.45) is 0 Å². The van der Waals surface area contributed by atoms with Gasteiger partial charge in [0.05, 0.1) is 5.69 Å². The zero-order valence-corrected chi connectivity index (χ0v) is 9.33. The Balaban J connectivity index is 2.03. The van der Waals surface area contributed by atoms with E-state index in [2.05, 4.69) is 10.3 Å². The lowest BCUT2D eigenvalue weighted by Crippen LogP contribution is -2.09. The minimum atomic E-state index is -1.20. The van der Waals surface area contributed by atoms with Gasteiger partial charge in [-0.3, -0.25) is 4.57 Å². The van der Waals surface area contributed by atoms with Crippen LogP contribution < -0.4 is 5.32 Å². The van der Waals surface area contributed by atoms with E-state index in [1.54, 1.807) is 0 Å². The van der Waals surface area contributed by atoms with Gasteiger partial charge < -0.3 is 5.32 Å². The van der Waals surface area contributed by atoms with Crippen LogP contribution in [0, 0.1) is 17.5 Å². The van der Waals surface area contributed by atoms with Crippen LogP contribution in [0.25, 0.3) is 5.69 Å². The SMILES string of the molecule is Fc1cc(F)c(-n2ccnc2NC2CC2)cc1F. The summed E-state index contributed by atoms with van der Waals surface area (Å²) >= 11 is 0. The number of nitrogens with one attached hydrogen (secondary N) is 1. The second-order valence-electron chi connectivity index (χ2n) is 4.26. The molecule has 3 rings (SSSR count). The maximum absolute atomic E-state index is 13.6. The molecule has 0 bridgehead atoms. The standard InChI is InChI=1S/C12H10F3N3/c13-8-5-10(15)11(6-9(8)14)18-4-3-16-12(18)17-7-1-2-7/h3-7H,1-2H2,(H,16,17). The van der Waals surface area contributed by atoms with Crippen molar-refractivity contribution in [3.63, 3.8) is 0 Å². The van der Waals surface area contributed by atoms with Gasteiger partial charge in [0.2, 0.25) is 5.95 Å². The average molecular weight is 253 g/mol. The zero-order chi connectivity index (χ0) is 12.7. The summed E-state index contributed by atoms with van der Waals surface area (Å²) in [6, 6.07) is 1.69. The van der Waals surface area contributed by atoms with Crippen molar-refractivity contribution in [1.82, 2.24) is 9.55 Å². The highest BCUT2D eigenvalue weighted by atomic mass is 19.2. The summed E-state index contributed by atoms with van der Waals surface area (Å²) in [7, 11) is 0. The second kappa shape index (κ2) is 4.04. The fraction of sp³-hybridized carbons (Fsp3) is 0.250. The molecule has 0 spiro atoms. The van der Waals surface area contributed by atoms with Gasteiger partial charge in [0.1, 0.15) is 5.82 Å². The quantitative estimate of drug-likeness (QED) is 0.852. The summed E-state index contributed by atoms with van der Waals surface area (Å²) in [5, 5.41) is 3.09. The number of rotatable bonds is 3. The van der Waals surface area contributed by atoms with E-state index in [0.717, 1.165) is 18.9 Å². The van der Waals surface area contributed by atoms with Crippen molar-refractivity contribution in [2.45, 2.75) is 18.9 Å². The Hall–Kier alpha value is -1.98. The van der Waals surface area contributed by atoms with E-state index >= 15 is 0 Å². The first-order valence-electron chi connectivity index (χ1n) is 5.60. The summed E-state index contributed by atoms with van der Waals surface area (Å²) in [5.41, 5.74) is -0.0606. The monoisotopic (exact) mass is 253 g/mol. The van der Waals surface area contributed by atoms with Crippen LogP contribution in [-0.2, 0) is 0 Å². The largest absolute Gasteiger partial charge is 0.353 e. The molecule has 0 saturated heterocycles. The molecule has 0 radical (unpaired) electrons. The van der Waals surface area contributed by atoms with Crippen molar-refractivity contribution >= 4 is 5.95 Å². The third-order valence-corrected chi connectivity index (χ3v) is 2.80. The van der Waals surface area contributed by atoms with E-state index in [4.69, 9.17) is 0 Å². The molecule has 1 N–H and O–H groups in total. The summed E-state index contributed by atoms with van der Waals surface area (Å²) in [5.74, 6) is -2.68. The molecule has 2 aromatic rings. The number of hydrogen-bond donors (Lipinski definition) is 1. The molecule has 3 nitrogen and oxygen atoms in total. The van der Waals surface area contributed by atoms with Crippen LogP contribution in [0.15, 0.2) is 24.5 Å². The molecule has 1 fully saturated rings. The number of anilines is 1. The third-order valence-electron chi connectivity index (χ3n) is 2.80. The molecule has 1 aromatic carbocycles. The molecule has 0 unspecified atom stereocenters. The molecule has 6 heteroatoms. The minimum Gasteiger partial charge on any atom is -0.353 e. The highest BCUT2D eigenvalue weighted by Crippen LogP contribution is 2.26. The highest BCUT2D eigenvalue weighted by Gasteiger charge is 2.23. The normalized spacial score (nSPS) is 14.8. The van der Waals surface area contributed by atoms with Crippen LogP contribution in [-0.4, -0.2) is 15.6 Å². The van der Waals surface area contributed by atoms with Gasteiger partial charge in [0.15, 0.2) is 11.6 Å². The summed E-state index contributed by atoms with van der Waals surface area (Å²) in [4.78, 5) is 4.03. The summed E-state index contributed by atoms with van der Waals surface area (Å²) in [6.45, 7) is 0. The van der Waals surface area contributed by atoms with Crippen LogP contribution in [0.1, 0.15) is 12.8 Å². The number of halogens is 3. The van der Waals surface area contributed by atoms with Gasteiger partial charge in [0.25, 0.3) is 0 Å². The van der Waals surface area contributed by atoms with Gasteiger partial charge in [-0.05, 0) is 12.8 Å². The molecule has 1 heterocycles. The van der Waals surface area contributed by atoms with Gasteiger partial charge in [-0.15, -0.1) is 0 Å². The van der Waals surface area contributed by atoms with E-state index < -0.39 is 17.5 Å². The van der Waals surface area contributed by atoms with Gasteiger partial charge >= 0.3 is 0 Å². The van der Waals surface area contributed by atoms with Gasteiger partial charge in [-0.1, -0.05) is 0 Å².